The number of aromatic nitrogens is 2. The number of nitrogen functional groups attached to an aromatic ring is 1. The minimum absolute atomic E-state index is 0.498. The van der Waals surface area contributed by atoms with Crippen molar-refractivity contribution in [2.75, 3.05) is 32.9 Å². The normalized spacial score (nSPS) is 16.7. The summed E-state index contributed by atoms with van der Waals surface area (Å²) >= 11 is 0. The first-order valence-electron chi connectivity index (χ1n) is 9.67. The van der Waals surface area contributed by atoms with Gasteiger partial charge in [0.05, 0.1) is 25.7 Å². The predicted molar refractivity (Wildman–Crippen MR) is 112 cm³/mol. The molecule has 1 fully saturated rings. The number of quaternary nitrogens is 1. The fraction of sp³-hybridized carbons (Fsp3) is 0.364. The molecule has 2 N–H and O–H groups in total. The number of benzene rings is 2. The number of anilines is 1. The lowest BCUT2D eigenvalue weighted by Crippen LogP contribution is -2.55. The van der Waals surface area contributed by atoms with E-state index in [1.807, 2.05) is 24.3 Å². The van der Waals surface area contributed by atoms with Crippen molar-refractivity contribution in [2.45, 2.75) is 25.4 Å². The van der Waals surface area contributed by atoms with Crippen LogP contribution in [0.3, 0.4) is 0 Å². The van der Waals surface area contributed by atoms with Crippen LogP contribution in [0.1, 0.15) is 18.4 Å². The summed E-state index contributed by atoms with van der Waals surface area (Å²) in [5.74, 6) is 1.39. The monoisotopic (exact) mass is 362 g/mol. The van der Waals surface area contributed by atoms with Crippen molar-refractivity contribution < 1.29 is 0 Å². The summed E-state index contributed by atoms with van der Waals surface area (Å²) in [4.78, 5) is 12.0. The summed E-state index contributed by atoms with van der Waals surface area (Å²) in [7, 11) is 4.42. The summed E-state index contributed by atoms with van der Waals surface area (Å²) < 4.78 is 0.675. The van der Waals surface area contributed by atoms with E-state index in [0.717, 1.165) is 49.3 Å². The maximum atomic E-state index is 6.22. The first-order valence-corrected chi connectivity index (χ1v) is 9.67. The zero-order valence-corrected chi connectivity index (χ0v) is 16.2. The summed E-state index contributed by atoms with van der Waals surface area (Å²) in [6, 6.07) is 19.2. The molecule has 0 amide bonds. The van der Waals surface area contributed by atoms with Gasteiger partial charge < -0.3 is 5.73 Å². The molecule has 1 aliphatic heterocycles. The highest BCUT2D eigenvalue weighted by molar-refractivity contribution is 5.88. The Bertz CT molecular complexity index is 914. The maximum absolute atomic E-state index is 6.22. The Labute approximate surface area is 161 Å². The van der Waals surface area contributed by atoms with E-state index in [2.05, 4.69) is 54.3 Å². The molecule has 2 aromatic carbocycles. The lowest BCUT2D eigenvalue weighted by molar-refractivity contribution is 0.137. The molecule has 5 nitrogen and oxygen atoms in total. The highest BCUT2D eigenvalue weighted by atomic mass is 15.4. The lowest BCUT2D eigenvalue weighted by Gasteiger charge is -2.40. The number of nitrogens with two attached hydrogens (primary N) is 1. The summed E-state index contributed by atoms with van der Waals surface area (Å²) in [6.07, 6.45) is 2.27. The van der Waals surface area contributed by atoms with Gasteiger partial charge in [-0.3, -0.25) is 9.38 Å². The van der Waals surface area contributed by atoms with E-state index in [0.29, 0.717) is 16.3 Å². The van der Waals surface area contributed by atoms with Gasteiger partial charge >= 0.3 is 5.95 Å². The number of para-hydroxylation sites is 1. The van der Waals surface area contributed by atoms with Crippen molar-refractivity contribution in [1.29, 1.82) is 0 Å². The van der Waals surface area contributed by atoms with Crippen LogP contribution in [0.25, 0.3) is 10.9 Å². The first kappa shape index (κ1) is 17.9. The molecule has 2 heterocycles. The van der Waals surface area contributed by atoms with Crippen LogP contribution >= 0.6 is 0 Å². The van der Waals surface area contributed by atoms with Crippen LogP contribution in [0.2, 0.25) is 0 Å². The van der Waals surface area contributed by atoms with Gasteiger partial charge in [-0.1, -0.05) is 42.5 Å². The largest absolute Gasteiger partial charge is 0.383 e. The first-order chi connectivity index (χ1) is 13.0. The average Bonchev–Trinajstić information content (AvgIpc) is 2.69. The molecule has 0 radical (unpaired) electrons. The van der Waals surface area contributed by atoms with Crippen molar-refractivity contribution in [2.24, 2.45) is 0 Å². The van der Waals surface area contributed by atoms with Gasteiger partial charge in [0.1, 0.15) is 5.82 Å². The summed E-state index contributed by atoms with van der Waals surface area (Å²) in [5.41, 5.74) is 8.53. The predicted octanol–water partition coefficient (Wildman–Crippen LogP) is 3.44. The molecule has 0 bridgehead atoms. The molecule has 0 unspecified atom stereocenters. The zero-order chi connectivity index (χ0) is 18.9. The fourth-order valence-electron chi connectivity index (χ4n) is 4.07. The number of likely N-dealkylation sites (tertiary alicyclic amines) is 1. The Morgan fingerprint density at radius 2 is 1.63 bits per heavy atom. The third-order valence-electron chi connectivity index (χ3n) is 5.86. The van der Waals surface area contributed by atoms with Crippen molar-refractivity contribution in [3.63, 3.8) is 0 Å². The third kappa shape index (κ3) is 3.66. The quantitative estimate of drug-likeness (QED) is 0.723. The van der Waals surface area contributed by atoms with E-state index in [4.69, 9.17) is 10.7 Å². The van der Waals surface area contributed by atoms with Gasteiger partial charge in [-0.25, -0.2) is 0 Å². The maximum Gasteiger partial charge on any atom is 0.331 e. The van der Waals surface area contributed by atoms with Crippen LogP contribution in [-0.4, -0.2) is 48.1 Å². The minimum Gasteiger partial charge on any atom is -0.383 e. The summed E-state index contributed by atoms with van der Waals surface area (Å²) in [6.45, 7) is 3.23. The fourth-order valence-corrected chi connectivity index (χ4v) is 4.07. The highest BCUT2D eigenvalue weighted by Crippen LogP contribution is 2.29. The number of hydrogen-bond donors (Lipinski definition) is 1. The van der Waals surface area contributed by atoms with E-state index in [-0.39, 0.29) is 0 Å². The standard InChI is InChI=1S/C22H28N5/c1-27(2,22-24-20-11-7-6-10-19(20)21(23)25-22)18-12-14-26(15-13-18)16-17-8-4-3-5-9-17/h3-11,18H,12-16H2,1-2H3,(H2,23,24,25)/q+1. The van der Waals surface area contributed by atoms with Crippen molar-refractivity contribution in [3.05, 3.63) is 60.2 Å². The number of fused-ring (bicyclic) bond motifs is 1. The van der Waals surface area contributed by atoms with Crippen molar-refractivity contribution in [1.82, 2.24) is 19.4 Å². The second-order valence-corrected chi connectivity index (χ2v) is 7.96. The Morgan fingerprint density at radius 3 is 2.37 bits per heavy atom. The molecule has 0 spiro atoms. The number of hydrogen-bond acceptors (Lipinski definition) is 4. The average molecular weight is 363 g/mol. The van der Waals surface area contributed by atoms with E-state index in [1.165, 1.54) is 5.56 Å². The molecule has 140 valence electrons. The van der Waals surface area contributed by atoms with Gasteiger partial charge in [0, 0.05) is 37.9 Å². The molecular weight excluding hydrogens is 334 g/mol. The molecule has 3 aromatic rings. The van der Waals surface area contributed by atoms with Crippen LogP contribution in [0.15, 0.2) is 54.6 Å². The molecule has 1 saturated heterocycles. The number of nitrogens with zero attached hydrogens (tertiary/aromatic N) is 4. The van der Waals surface area contributed by atoms with Gasteiger partial charge in [0.25, 0.3) is 0 Å². The number of piperidine rings is 1. The van der Waals surface area contributed by atoms with Gasteiger partial charge in [0.15, 0.2) is 0 Å². The van der Waals surface area contributed by atoms with Crippen molar-refractivity contribution >= 4 is 22.7 Å². The lowest BCUT2D eigenvalue weighted by atomic mass is 10.0. The van der Waals surface area contributed by atoms with E-state index in [9.17, 15) is 0 Å². The second-order valence-electron chi connectivity index (χ2n) is 7.96. The van der Waals surface area contributed by atoms with Crippen molar-refractivity contribution in [3.8, 4) is 0 Å². The van der Waals surface area contributed by atoms with Crippen LogP contribution in [0, 0.1) is 0 Å². The molecule has 1 aliphatic rings. The highest BCUT2D eigenvalue weighted by Gasteiger charge is 2.36. The van der Waals surface area contributed by atoms with E-state index < -0.39 is 0 Å². The molecule has 4 rings (SSSR count). The van der Waals surface area contributed by atoms with E-state index in [1.54, 1.807) is 0 Å². The molecule has 1 aromatic heterocycles. The molecule has 0 atom stereocenters. The van der Waals surface area contributed by atoms with E-state index >= 15 is 0 Å². The Hall–Kier alpha value is -2.50. The molecular formula is C22H28N5+. The Balaban J connectivity index is 1.48. The van der Waals surface area contributed by atoms with Gasteiger partial charge in [-0.15, -0.1) is 0 Å². The van der Waals surface area contributed by atoms with Crippen LogP contribution in [0.4, 0.5) is 11.8 Å². The Kier molecular flexibility index (Phi) is 4.81. The molecule has 5 heteroatoms. The van der Waals surface area contributed by atoms with Gasteiger partial charge in [0.2, 0.25) is 0 Å². The molecule has 0 saturated carbocycles. The molecule has 0 aliphatic carbocycles. The van der Waals surface area contributed by atoms with Gasteiger partial charge in [-0.05, 0) is 17.7 Å². The number of rotatable bonds is 4. The SMILES string of the molecule is C[N+](C)(c1nc(N)c2ccccc2n1)C1CCN(Cc2ccccc2)CC1. The Morgan fingerprint density at radius 1 is 0.963 bits per heavy atom. The van der Waals surface area contributed by atoms with Crippen LogP contribution in [-0.2, 0) is 6.54 Å². The smallest absolute Gasteiger partial charge is 0.331 e. The van der Waals surface area contributed by atoms with Crippen LogP contribution < -0.4 is 10.2 Å². The third-order valence-corrected chi connectivity index (χ3v) is 5.86. The van der Waals surface area contributed by atoms with Crippen LogP contribution in [0.5, 0.6) is 0 Å². The summed E-state index contributed by atoms with van der Waals surface area (Å²) in [5, 5.41) is 0.930. The zero-order valence-electron chi connectivity index (χ0n) is 16.2. The van der Waals surface area contributed by atoms with Gasteiger partial charge in [-0.2, -0.15) is 9.97 Å². The minimum atomic E-state index is 0.498. The topological polar surface area (TPSA) is 55.0 Å². The second kappa shape index (κ2) is 7.25. The molecule has 27 heavy (non-hydrogen) atoms.